The van der Waals surface area contributed by atoms with Gasteiger partial charge in [-0.3, -0.25) is 14.9 Å². The Morgan fingerprint density at radius 1 is 1.11 bits per heavy atom. The molecule has 2 aromatic rings. The number of rotatable bonds is 5. The molecule has 0 bridgehead atoms. The Morgan fingerprint density at radius 2 is 1.89 bits per heavy atom. The molecule has 0 unspecified atom stereocenters. The van der Waals surface area contributed by atoms with Crippen LogP contribution in [0.4, 0.5) is 0 Å². The highest BCUT2D eigenvalue weighted by Gasteiger charge is 2.02. The van der Waals surface area contributed by atoms with Crippen LogP contribution < -0.4 is 0 Å². The fraction of sp³-hybridized carbons (Fsp3) is 0.286. The minimum Gasteiger partial charge on any atom is -0.296 e. The Hall–Kier alpha value is -1.39. The lowest BCUT2D eigenvalue weighted by Crippen LogP contribution is -2.18. The molecule has 18 heavy (non-hydrogen) atoms. The summed E-state index contributed by atoms with van der Waals surface area (Å²) in [6, 6.07) is 8.68. The van der Waals surface area contributed by atoms with Crippen LogP contribution in [0, 0.1) is 0 Å². The van der Waals surface area contributed by atoms with Crippen LogP contribution in [0.15, 0.2) is 47.8 Å². The van der Waals surface area contributed by atoms with Crippen molar-refractivity contribution in [2.75, 3.05) is 13.3 Å². The number of thioether (sulfide) groups is 1. The molecule has 1 aromatic heterocycles. The number of aromatic nitrogens is 2. The van der Waals surface area contributed by atoms with E-state index in [0.29, 0.717) is 0 Å². The second-order valence-electron chi connectivity index (χ2n) is 4.22. The van der Waals surface area contributed by atoms with Crippen molar-refractivity contribution in [3.8, 4) is 0 Å². The second-order valence-corrected chi connectivity index (χ2v) is 5.10. The van der Waals surface area contributed by atoms with E-state index in [2.05, 4.69) is 52.4 Å². The monoisotopic (exact) mass is 259 g/mol. The zero-order chi connectivity index (χ0) is 12.8. The van der Waals surface area contributed by atoms with Gasteiger partial charge < -0.3 is 0 Å². The maximum Gasteiger partial charge on any atom is 0.0726 e. The average Bonchev–Trinajstić information content (AvgIpc) is 2.40. The van der Waals surface area contributed by atoms with E-state index in [0.717, 1.165) is 18.8 Å². The first-order valence-corrected chi connectivity index (χ1v) is 7.07. The van der Waals surface area contributed by atoms with Gasteiger partial charge in [-0.25, -0.2) is 0 Å². The van der Waals surface area contributed by atoms with E-state index >= 15 is 0 Å². The van der Waals surface area contributed by atoms with Crippen LogP contribution in [0.3, 0.4) is 0 Å². The molecule has 0 aliphatic rings. The van der Waals surface area contributed by atoms with Crippen molar-refractivity contribution in [2.24, 2.45) is 0 Å². The van der Waals surface area contributed by atoms with E-state index in [4.69, 9.17) is 0 Å². The fourth-order valence-electron chi connectivity index (χ4n) is 1.79. The lowest BCUT2D eigenvalue weighted by molar-refractivity contribution is 0.314. The van der Waals surface area contributed by atoms with Crippen LogP contribution in [-0.4, -0.2) is 28.2 Å². The van der Waals surface area contributed by atoms with Gasteiger partial charge in [-0.15, -0.1) is 11.8 Å². The minimum absolute atomic E-state index is 0.818. The summed E-state index contributed by atoms with van der Waals surface area (Å²) in [5.41, 5.74) is 2.32. The molecule has 0 atom stereocenters. The lowest BCUT2D eigenvalue weighted by Gasteiger charge is -2.16. The molecule has 0 saturated carbocycles. The summed E-state index contributed by atoms with van der Waals surface area (Å²) in [6.07, 6.45) is 7.34. The Kier molecular flexibility index (Phi) is 4.73. The van der Waals surface area contributed by atoms with Gasteiger partial charge in [0.2, 0.25) is 0 Å². The van der Waals surface area contributed by atoms with Crippen LogP contribution in [0.5, 0.6) is 0 Å². The molecule has 94 valence electrons. The fourth-order valence-corrected chi connectivity index (χ4v) is 2.19. The van der Waals surface area contributed by atoms with Crippen LogP contribution >= 0.6 is 11.8 Å². The molecule has 0 saturated heterocycles. The maximum absolute atomic E-state index is 4.28. The van der Waals surface area contributed by atoms with Gasteiger partial charge in [0, 0.05) is 36.6 Å². The highest BCUT2D eigenvalue weighted by Crippen LogP contribution is 2.15. The summed E-state index contributed by atoms with van der Waals surface area (Å²) in [7, 11) is 2.09. The maximum atomic E-state index is 4.28. The first-order chi connectivity index (χ1) is 8.78. The number of benzene rings is 1. The first-order valence-electron chi connectivity index (χ1n) is 5.84. The molecule has 0 aliphatic carbocycles. The molecule has 1 aromatic carbocycles. The van der Waals surface area contributed by atoms with Crippen molar-refractivity contribution in [1.82, 2.24) is 14.9 Å². The third-order valence-corrected chi connectivity index (χ3v) is 3.40. The summed E-state index contributed by atoms with van der Waals surface area (Å²) in [5, 5.41) is 0. The highest BCUT2D eigenvalue weighted by atomic mass is 32.2. The second kappa shape index (κ2) is 6.52. The van der Waals surface area contributed by atoms with Gasteiger partial charge in [-0.2, -0.15) is 0 Å². The topological polar surface area (TPSA) is 29.0 Å². The largest absolute Gasteiger partial charge is 0.296 e. The summed E-state index contributed by atoms with van der Waals surface area (Å²) < 4.78 is 0. The van der Waals surface area contributed by atoms with Gasteiger partial charge in [-0.05, 0) is 31.0 Å². The third kappa shape index (κ3) is 3.82. The zero-order valence-corrected chi connectivity index (χ0v) is 11.5. The van der Waals surface area contributed by atoms with Crippen LogP contribution in [-0.2, 0) is 13.1 Å². The standard InChI is InChI=1S/C14H17N3S/c1-17(11-13-9-15-7-8-16-13)10-12-3-5-14(18-2)6-4-12/h3-9H,10-11H2,1-2H3. The SMILES string of the molecule is CSc1ccc(CN(C)Cc2cnccn2)cc1. The van der Waals surface area contributed by atoms with E-state index in [9.17, 15) is 0 Å². The van der Waals surface area contributed by atoms with Crippen LogP contribution in [0.2, 0.25) is 0 Å². The van der Waals surface area contributed by atoms with Gasteiger partial charge in [0.25, 0.3) is 0 Å². The first kappa shape index (κ1) is 13.1. The molecule has 0 aliphatic heterocycles. The lowest BCUT2D eigenvalue weighted by atomic mass is 10.2. The molecule has 2 rings (SSSR count). The summed E-state index contributed by atoms with van der Waals surface area (Å²) >= 11 is 1.77. The average molecular weight is 259 g/mol. The quantitative estimate of drug-likeness (QED) is 0.772. The molecule has 4 heteroatoms. The molecule has 1 heterocycles. The highest BCUT2D eigenvalue weighted by molar-refractivity contribution is 7.98. The smallest absolute Gasteiger partial charge is 0.0726 e. The van der Waals surface area contributed by atoms with E-state index in [1.807, 2.05) is 6.20 Å². The Bertz CT molecular complexity index is 470. The summed E-state index contributed by atoms with van der Waals surface area (Å²) in [4.78, 5) is 11.9. The molecular formula is C14H17N3S. The van der Waals surface area contributed by atoms with E-state index < -0.39 is 0 Å². The van der Waals surface area contributed by atoms with E-state index in [1.54, 1.807) is 24.2 Å². The predicted molar refractivity (Wildman–Crippen MR) is 75.4 cm³/mol. The van der Waals surface area contributed by atoms with Crippen molar-refractivity contribution >= 4 is 11.8 Å². The molecule has 0 radical (unpaired) electrons. The van der Waals surface area contributed by atoms with Gasteiger partial charge in [-0.1, -0.05) is 12.1 Å². The summed E-state index contributed by atoms with van der Waals surface area (Å²) in [6.45, 7) is 1.74. The molecule has 3 nitrogen and oxygen atoms in total. The Morgan fingerprint density at radius 3 is 2.50 bits per heavy atom. The van der Waals surface area contributed by atoms with E-state index in [1.165, 1.54) is 10.5 Å². The Balaban J connectivity index is 1.92. The minimum atomic E-state index is 0.818. The molecule has 0 amide bonds. The molecule has 0 fully saturated rings. The van der Waals surface area contributed by atoms with Crippen molar-refractivity contribution in [2.45, 2.75) is 18.0 Å². The Labute approximate surface area is 112 Å². The number of hydrogen-bond donors (Lipinski definition) is 0. The predicted octanol–water partition coefficient (Wildman–Crippen LogP) is 2.83. The zero-order valence-electron chi connectivity index (χ0n) is 10.7. The number of nitrogens with zero attached hydrogens (tertiary/aromatic N) is 3. The van der Waals surface area contributed by atoms with Crippen molar-refractivity contribution in [1.29, 1.82) is 0 Å². The van der Waals surface area contributed by atoms with Crippen LogP contribution in [0.25, 0.3) is 0 Å². The van der Waals surface area contributed by atoms with Crippen molar-refractivity contribution in [3.05, 3.63) is 54.1 Å². The summed E-state index contributed by atoms with van der Waals surface area (Å²) in [5.74, 6) is 0. The molecule has 0 spiro atoms. The molecule has 0 N–H and O–H groups in total. The van der Waals surface area contributed by atoms with Gasteiger partial charge in [0.1, 0.15) is 0 Å². The number of hydrogen-bond acceptors (Lipinski definition) is 4. The van der Waals surface area contributed by atoms with Gasteiger partial charge >= 0.3 is 0 Å². The third-order valence-electron chi connectivity index (χ3n) is 2.66. The normalized spacial score (nSPS) is 10.8. The van der Waals surface area contributed by atoms with Crippen LogP contribution in [0.1, 0.15) is 11.3 Å². The van der Waals surface area contributed by atoms with Gasteiger partial charge in [0.05, 0.1) is 5.69 Å². The van der Waals surface area contributed by atoms with Crippen molar-refractivity contribution in [3.63, 3.8) is 0 Å². The van der Waals surface area contributed by atoms with Crippen molar-refractivity contribution < 1.29 is 0 Å². The molecular weight excluding hydrogens is 242 g/mol. The van der Waals surface area contributed by atoms with E-state index in [-0.39, 0.29) is 0 Å². The van der Waals surface area contributed by atoms with Gasteiger partial charge in [0.15, 0.2) is 0 Å².